The topological polar surface area (TPSA) is 77.3 Å². The number of hydrogen-bond acceptors (Lipinski definition) is 5. The fraction of sp³-hybridized carbons (Fsp3) is 0.214. The van der Waals surface area contributed by atoms with Crippen LogP contribution >= 0.6 is 0 Å². The van der Waals surface area contributed by atoms with Crippen molar-refractivity contribution in [3.8, 4) is 11.5 Å². The molecular weight excluding hydrogens is 272 g/mol. The maximum absolute atomic E-state index is 12.3. The third-order valence-corrected chi connectivity index (χ3v) is 3.02. The van der Waals surface area contributed by atoms with Crippen molar-refractivity contribution in [2.75, 3.05) is 7.05 Å². The molecule has 7 nitrogen and oxygen atoms in total. The van der Waals surface area contributed by atoms with Gasteiger partial charge < -0.3 is 13.8 Å². The van der Waals surface area contributed by atoms with Crippen LogP contribution in [0, 0.1) is 0 Å². The molecule has 0 radical (unpaired) electrons. The summed E-state index contributed by atoms with van der Waals surface area (Å²) in [5.74, 6) is 0.745. The van der Waals surface area contributed by atoms with Crippen LogP contribution in [0.15, 0.2) is 45.8 Å². The maximum Gasteiger partial charge on any atom is 0.276 e. The minimum atomic E-state index is -0.222. The lowest BCUT2D eigenvalue weighted by Gasteiger charge is -2.13. The lowest BCUT2D eigenvalue weighted by atomic mass is 10.2. The Bertz CT molecular complexity index is 742. The Morgan fingerprint density at radius 3 is 2.95 bits per heavy atom. The van der Waals surface area contributed by atoms with Gasteiger partial charge in [-0.2, -0.15) is 5.10 Å². The summed E-state index contributed by atoms with van der Waals surface area (Å²) >= 11 is 0. The summed E-state index contributed by atoms with van der Waals surface area (Å²) in [7, 11) is 3.54. The first-order valence-corrected chi connectivity index (χ1v) is 6.37. The molecule has 0 spiro atoms. The van der Waals surface area contributed by atoms with Crippen molar-refractivity contribution in [1.82, 2.24) is 19.8 Å². The van der Waals surface area contributed by atoms with E-state index in [0.717, 1.165) is 5.56 Å². The molecule has 0 bridgehead atoms. The van der Waals surface area contributed by atoms with Gasteiger partial charge in [0.25, 0.3) is 5.91 Å². The van der Waals surface area contributed by atoms with Gasteiger partial charge in [0.05, 0.1) is 12.5 Å². The highest BCUT2D eigenvalue weighted by Gasteiger charge is 2.19. The van der Waals surface area contributed by atoms with Crippen molar-refractivity contribution in [3.63, 3.8) is 0 Å². The van der Waals surface area contributed by atoms with Crippen LogP contribution in [0.5, 0.6) is 0 Å². The first kappa shape index (κ1) is 13.2. The number of furan rings is 1. The monoisotopic (exact) mass is 286 g/mol. The second kappa shape index (κ2) is 5.28. The van der Waals surface area contributed by atoms with Crippen LogP contribution in [0.1, 0.15) is 16.1 Å². The number of aryl methyl sites for hydroxylation is 1. The highest BCUT2D eigenvalue weighted by molar-refractivity contribution is 5.92. The van der Waals surface area contributed by atoms with Gasteiger partial charge in [-0.05, 0) is 12.1 Å². The molecule has 0 aliphatic carbocycles. The summed E-state index contributed by atoms with van der Waals surface area (Å²) in [4.78, 5) is 13.8. The van der Waals surface area contributed by atoms with Gasteiger partial charge in [0, 0.05) is 38.5 Å². The summed E-state index contributed by atoms with van der Waals surface area (Å²) in [5.41, 5.74) is 1.19. The molecule has 0 aliphatic rings. The normalized spacial score (nSPS) is 10.8. The number of hydrogen-bond donors (Lipinski definition) is 0. The van der Waals surface area contributed by atoms with Crippen LogP contribution < -0.4 is 0 Å². The highest BCUT2D eigenvalue weighted by atomic mass is 16.5. The fourth-order valence-electron chi connectivity index (χ4n) is 2.01. The van der Waals surface area contributed by atoms with Crippen molar-refractivity contribution >= 4 is 5.91 Å². The molecule has 0 aromatic carbocycles. The van der Waals surface area contributed by atoms with Crippen molar-refractivity contribution in [3.05, 3.63) is 48.1 Å². The lowest BCUT2D eigenvalue weighted by molar-refractivity contribution is 0.0775. The van der Waals surface area contributed by atoms with Gasteiger partial charge in [0.15, 0.2) is 11.5 Å². The minimum Gasteiger partial charge on any atom is -0.461 e. The van der Waals surface area contributed by atoms with E-state index in [1.54, 1.807) is 41.0 Å². The molecule has 0 saturated heterocycles. The van der Waals surface area contributed by atoms with Gasteiger partial charge in [-0.15, -0.1) is 0 Å². The molecule has 0 N–H and O–H groups in total. The Hall–Kier alpha value is -2.83. The van der Waals surface area contributed by atoms with Crippen LogP contribution in [0.3, 0.4) is 0 Å². The van der Waals surface area contributed by atoms with Crippen LogP contribution in [-0.2, 0) is 13.6 Å². The average molecular weight is 286 g/mol. The van der Waals surface area contributed by atoms with Gasteiger partial charge in [0.2, 0.25) is 5.76 Å². The number of nitrogens with zero attached hydrogens (tertiary/aromatic N) is 4. The van der Waals surface area contributed by atoms with Crippen molar-refractivity contribution in [1.29, 1.82) is 0 Å². The van der Waals surface area contributed by atoms with Crippen molar-refractivity contribution in [2.45, 2.75) is 6.54 Å². The summed E-state index contributed by atoms with van der Waals surface area (Å²) in [6, 6.07) is 5.06. The number of carbonyl (C=O) groups is 1. The van der Waals surface area contributed by atoms with E-state index in [-0.39, 0.29) is 11.6 Å². The van der Waals surface area contributed by atoms with Crippen molar-refractivity contribution in [2.24, 2.45) is 7.05 Å². The van der Waals surface area contributed by atoms with Gasteiger partial charge in [-0.25, -0.2) is 0 Å². The van der Waals surface area contributed by atoms with E-state index in [1.165, 1.54) is 6.26 Å². The van der Waals surface area contributed by atoms with Gasteiger partial charge in [-0.3, -0.25) is 9.48 Å². The number of aromatic nitrogens is 3. The number of carbonyl (C=O) groups excluding carboxylic acids is 1. The van der Waals surface area contributed by atoms with Gasteiger partial charge >= 0.3 is 0 Å². The molecule has 108 valence electrons. The Morgan fingerprint density at radius 1 is 1.43 bits per heavy atom. The summed E-state index contributed by atoms with van der Waals surface area (Å²) < 4.78 is 12.0. The summed E-state index contributed by atoms with van der Waals surface area (Å²) in [5, 5.41) is 7.86. The zero-order chi connectivity index (χ0) is 14.8. The third-order valence-electron chi connectivity index (χ3n) is 3.02. The van der Waals surface area contributed by atoms with Crippen LogP contribution in [0.25, 0.3) is 11.5 Å². The van der Waals surface area contributed by atoms with E-state index >= 15 is 0 Å². The number of amides is 1. The van der Waals surface area contributed by atoms with E-state index in [9.17, 15) is 4.79 Å². The SMILES string of the molecule is CN(Cc1cnn(C)c1)C(=O)c1cc(-c2ccco2)on1. The number of rotatable bonds is 4. The Labute approximate surface area is 120 Å². The molecule has 0 aliphatic heterocycles. The predicted octanol–water partition coefficient (Wildman–Crippen LogP) is 1.94. The first-order chi connectivity index (χ1) is 10.1. The third kappa shape index (κ3) is 2.71. The zero-order valence-corrected chi connectivity index (χ0v) is 11.7. The van der Waals surface area contributed by atoms with E-state index in [2.05, 4.69) is 10.3 Å². The molecule has 7 heteroatoms. The molecule has 0 unspecified atom stereocenters. The lowest BCUT2D eigenvalue weighted by Crippen LogP contribution is -2.26. The zero-order valence-electron chi connectivity index (χ0n) is 11.7. The highest BCUT2D eigenvalue weighted by Crippen LogP contribution is 2.21. The molecule has 1 amide bonds. The van der Waals surface area contributed by atoms with E-state index < -0.39 is 0 Å². The van der Waals surface area contributed by atoms with Crippen LogP contribution in [0.4, 0.5) is 0 Å². The largest absolute Gasteiger partial charge is 0.461 e. The van der Waals surface area contributed by atoms with Crippen molar-refractivity contribution < 1.29 is 13.7 Å². The van der Waals surface area contributed by atoms with Crippen LogP contribution in [-0.4, -0.2) is 32.8 Å². The Balaban J connectivity index is 1.72. The molecule has 3 rings (SSSR count). The molecule has 0 atom stereocenters. The standard InChI is InChI=1S/C14H14N4O3/c1-17(8-10-7-15-18(2)9-10)14(19)11-6-13(21-16-11)12-4-3-5-20-12/h3-7,9H,8H2,1-2H3. The maximum atomic E-state index is 12.3. The molecule has 21 heavy (non-hydrogen) atoms. The Morgan fingerprint density at radius 2 is 2.29 bits per heavy atom. The molecular formula is C14H14N4O3. The van der Waals surface area contributed by atoms with Gasteiger partial charge in [0.1, 0.15) is 0 Å². The van der Waals surface area contributed by atoms with Crippen LogP contribution in [0.2, 0.25) is 0 Å². The Kier molecular flexibility index (Phi) is 3.31. The quantitative estimate of drug-likeness (QED) is 0.732. The molecule has 0 fully saturated rings. The molecule has 3 aromatic heterocycles. The second-order valence-corrected chi connectivity index (χ2v) is 4.74. The van der Waals surface area contributed by atoms with Gasteiger partial charge in [-0.1, -0.05) is 5.16 Å². The molecule has 3 heterocycles. The predicted molar refractivity (Wildman–Crippen MR) is 73.2 cm³/mol. The summed E-state index contributed by atoms with van der Waals surface area (Å²) in [6.07, 6.45) is 5.12. The average Bonchev–Trinajstić information content (AvgIpc) is 3.18. The smallest absolute Gasteiger partial charge is 0.276 e. The summed E-state index contributed by atoms with van der Waals surface area (Å²) in [6.45, 7) is 0.454. The first-order valence-electron chi connectivity index (χ1n) is 6.37. The molecule has 0 saturated carbocycles. The van der Waals surface area contributed by atoms with E-state index in [4.69, 9.17) is 8.94 Å². The molecule has 3 aromatic rings. The fourth-order valence-corrected chi connectivity index (χ4v) is 2.01. The minimum absolute atomic E-state index is 0.222. The van der Waals surface area contributed by atoms with E-state index in [0.29, 0.717) is 18.1 Å². The second-order valence-electron chi connectivity index (χ2n) is 4.74. The van der Waals surface area contributed by atoms with E-state index in [1.807, 2.05) is 13.2 Å².